The van der Waals surface area contributed by atoms with Crippen molar-refractivity contribution in [2.75, 3.05) is 20.2 Å². The SMILES string of the molecule is COc1ccccc1Cc1cnc([C@@H]2CCCN(C(=O)c3ccc(Cc4ccccc4)nc3)C2)o1. The molecule has 0 aliphatic carbocycles. The second-order valence-corrected chi connectivity index (χ2v) is 8.94. The van der Waals surface area contributed by atoms with Crippen LogP contribution < -0.4 is 4.74 Å². The molecule has 178 valence electrons. The molecule has 3 heterocycles. The van der Waals surface area contributed by atoms with Gasteiger partial charge in [0.1, 0.15) is 11.5 Å². The number of para-hydroxylation sites is 1. The minimum Gasteiger partial charge on any atom is -0.496 e. The smallest absolute Gasteiger partial charge is 0.255 e. The van der Waals surface area contributed by atoms with Crippen molar-refractivity contribution in [1.29, 1.82) is 0 Å². The maximum Gasteiger partial charge on any atom is 0.255 e. The molecule has 1 fully saturated rings. The number of methoxy groups -OCH3 is 1. The molecular weight excluding hydrogens is 438 g/mol. The predicted octanol–water partition coefficient (Wildman–Crippen LogP) is 5.28. The number of hydrogen-bond donors (Lipinski definition) is 0. The third-order valence-electron chi connectivity index (χ3n) is 6.49. The third-order valence-corrected chi connectivity index (χ3v) is 6.49. The van der Waals surface area contributed by atoms with Crippen LogP contribution in [-0.4, -0.2) is 41.0 Å². The molecule has 0 bridgehead atoms. The highest BCUT2D eigenvalue weighted by molar-refractivity contribution is 5.94. The van der Waals surface area contributed by atoms with Gasteiger partial charge in [0, 0.05) is 43.4 Å². The van der Waals surface area contributed by atoms with Crippen LogP contribution in [0.15, 0.2) is 83.5 Å². The van der Waals surface area contributed by atoms with E-state index in [1.165, 1.54) is 5.56 Å². The Kier molecular flexibility index (Phi) is 6.89. The highest BCUT2D eigenvalue weighted by atomic mass is 16.5. The first-order valence-electron chi connectivity index (χ1n) is 12.0. The monoisotopic (exact) mass is 467 g/mol. The number of likely N-dealkylation sites (tertiary alicyclic amines) is 1. The van der Waals surface area contributed by atoms with Crippen LogP contribution in [0.25, 0.3) is 0 Å². The van der Waals surface area contributed by atoms with Crippen molar-refractivity contribution in [2.24, 2.45) is 0 Å². The van der Waals surface area contributed by atoms with Gasteiger partial charge < -0.3 is 14.1 Å². The van der Waals surface area contributed by atoms with E-state index in [0.29, 0.717) is 24.4 Å². The van der Waals surface area contributed by atoms with Crippen LogP contribution in [0.5, 0.6) is 5.75 Å². The Morgan fingerprint density at radius 1 is 1.00 bits per heavy atom. The van der Waals surface area contributed by atoms with Crippen LogP contribution in [0.2, 0.25) is 0 Å². The Morgan fingerprint density at radius 2 is 1.83 bits per heavy atom. The van der Waals surface area contributed by atoms with E-state index in [1.807, 2.05) is 59.5 Å². The maximum absolute atomic E-state index is 13.2. The fourth-order valence-electron chi connectivity index (χ4n) is 4.64. The van der Waals surface area contributed by atoms with Gasteiger partial charge in [-0.3, -0.25) is 9.78 Å². The summed E-state index contributed by atoms with van der Waals surface area (Å²) in [6.07, 6.45) is 6.72. The first-order valence-corrected chi connectivity index (χ1v) is 12.0. The summed E-state index contributed by atoms with van der Waals surface area (Å²) >= 11 is 0. The molecule has 5 rings (SSSR count). The number of ether oxygens (including phenoxy) is 1. The molecule has 1 amide bonds. The molecule has 2 aromatic carbocycles. The van der Waals surface area contributed by atoms with Crippen molar-refractivity contribution >= 4 is 5.91 Å². The van der Waals surface area contributed by atoms with Crippen LogP contribution in [-0.2, 0) is 12.8 Å². The van der Waals surface area contributed by atoms with Crippen molar-refractivity contribution in [3.8, 4) is 5.75 Å². The van der Waals surface area contributed by atoms with E-state index < -0.39 is 0 Å². The molecular formula is C29H29N3O3. The number of nitrogens with zero attached hydrogens (tertiary/aromatic N) is 3. The minimum atomic E-state index is 0.00858. The van der Waals surface area contributed by atoms with Crippen molar-refractivity contribution < 1.29 is 13.9 Å². The van der Waals surface area contributed by atoms with Crippen molar-refractivity contribution in [2.45, 2.75) is 31.6 Å². The number of amides is 1. The van der Waals surface area contributed by atoms with E-state index >= 15 is 0 Å². The number of carbonyl (C=O) groups excluding carboxylic acids is 1. The Hall–Kier alpha value is -3.93. The lowest BCUT2D eigenvalue weighted by Crippen LogP contribution is -2.39. The summed E-state index contributed by atoms with van der Waals surface area (Å²) in [5, 5.41) is 0. The summed E-state index contributed by atoms with van der Waals surface area (Å²) in [4.78, 5) is 24.2. The molecule has 35 heavy (non-hydrogen) atoms. The highest BCUT2D eigenvalue weighted by Gasteiger charge is 2.28. The fraction of sp³-hybridized carbons (Fsp3) is 0.276. The molecule has 0 N–H and O–H groups in total. The lowest BCUT2D eigenvalue weighted by molar-refractivity contribution is 0.0697. The molecule has 0 spiro atoms. The number of oxazole rings is 1. The molecule has 1 saturated heterocycles. The van der Waals surface area contributed by atoms with Gasteiger partial charge in [0.15, 0.2) is 5.89 Å². The summed E-state index contributed by atoms with van der Waals surface area (Å²) in [6, 6.07) is 22.0. The van der Waals surface area contributed by atoms with Crippen LogP contribution in [0.3, 0.4) is 0 Å². The average Bonchev–Trinajstić information content (AvgIpc) is 3.38. The molecule has 6 nitrogen and oxygen atoms in total. The summed E-state index contributed by atoms with van der Waals surface area (Å²) in [6.45, 7) is 1.33. The van der Waals surface area contributed by atoms with Gasteiger partial charge >= 0.3 is 0 Å². The average molecular weight is 468 g/mol. The maximum atomic E-state index is 13.2. The number of piperidine rings is 1. The molecule has 0 saturated carbocycles. The van der Waals surface area contributed by atoms with Gasteiger partial charge in [-0.1, -0.05) is 48.5 Å². The fourth-order valence-corrected chi connectivity index (χ4v) is 4.64. The second-order valence-electron chi connectivity index (χ2n) is 8.94. The molecule has 6 heteroatoms. The molecule has 4 aromatic rings. The lowest BCUT2D eigenvalue weighted by Gasteiger charge is -2.31. The van der Waals surface area contributed by atoms with Crippen molar-refractivity contribution in [3.05, 3.63) is 113 Å². The molecule has 0 unspecified atom stereocenters. The number of aromatic nitrogens is 2. The van der Waals surface area contributed by atoms with Crippen LogP contribution in [0, 0.1) is 0 Å². The third kappa shape index (κ3) is 5.43. The molecule has 1 atom stereocenters. The van der Waals surface area contributed by atoms with Gasteiger partial charge in [-0.05, 0) is 36.6 Å². The van der Waals surface area contributed by atoms with Gasteiger partial charge in [0.2, 0.25) is 0 Å². The van der Waals surface area contributed by atoms with Gasteiger partial charge in [0.05, 0.1) is 24.8 Å². The summed E-state index contributed by atoms with van der Waals surface area (Å²) in [5.74, 6) is 2.43. The molecule has 1 aliphatic rings. The predicted molar refractivity (Wildman–Crippen MR) is 134 cm³/mol. The number of rotatable bonds is 7. The summed E-state index contributed by atoms with van der Waals surface area (Å²) in [7, 11) is 1.67. The Bertz CT molecular complexity index is 1270. The topological polar surface area (TPSA) is 68.5 Å². The standard InChI is InChI=1S/C29H29N3O3/c1-34-27-12-6-5-10-22(27)17-26-19-31-28(35-26)24-11-7-15-32(20-24)29(33)23-13-14-25(30-18-23)16-21-8-3-2-4-9-21/h2-6,8-10,12-14,18-19,24H,7,11,15-17,20H2,1H3/t24-/m1/s1. The lowest BCUT2D eigenvalue weighted by atomic mass is 9.97. The van der Waals surface area contributed by atoms with E-state index in [4.69, 9.17) is 9.15 Å². The summed E-state index contributed by atoms with van der Waals surface area (Å²) in [5.41, 5.74) is 3.83. The summed E-state index contributed by atoms with van der Waals surface area (Å²) < 4.78 is 11.6. The van der Waals surface area contributed by atoms with E-state index in [2.05, 4.69) is 22.1 Å². The normalized spacial score (nSPS) is 15.7. The van der Waals surface area contributed by atoms with Crippen LogP contribution >= 0.6 is 0 Å². The van der Waals surface area contributed by atoms with Gasteiger partial charge in [-0.15, -0.1) is 0 Å². The van der Waals surface area contributed by atoms with E-state index in [-0.39, 0.29) is 11.8 Å². The number of pyridine rings is 1. The largest absolute Gasteiger partial charge is 0.496 e. The van der Waals surface area contributed by atoms with Gasteiger partial charge in [-0.2, -0.15) is 0 Å². The van der Waals surface area contributed by atoms with Gasteiger partial charge in [0.25, 0.3) is 5.91 Å². The second kappa shape index (κ2) is 10.6. The van der Waals surface area contributed by atoms with Crippen LogP contribution in [0.1, 0.15) is 57.6 Å². The van der Waals surface area contributed by atoms with Crippen molar-refractivity contribution in [3.63, 3.8) is 0 Å². The van der Waals surface area contributed by atoms with E-state index in [0.717, 1.165) is 48.6 Å². The minimum absolute atomic E-state index is 0.00858. The zero-order valence-electron chi connectivity index (χ0n) is 19.9. The molecule has 0 radical (unpaired) electrons. The van der Waals surface area contributed by atoms with Crippen molar-refractivity contribution in [1.82, 2.24) is 14.9 Å². The quantitative estimate of drug-likeness (QED) is 0.370. The first kappa shape index (κ1) is 22.8. The Balaban J connectivity index is 1.22. The van der Waals surface area contributed by atoms with Gasteiger partial charge in [-0.25, -0.2) is 4.98 Å². The Morgan fingerprint density at radius 3 is 2.63 bits per heavy atom. The van der Waals surface area contributed by atoms with E-state index in [9.17, 15) is 4.79 Å². The van der Waals surface area contributed by atoms with Crippen LogP contribution in [0.4, 0.5) is 0 Å². The zero-order chi connectivity index (χ0) is 24.0. The molecule has 2 aromatic heterocycles. The zero-order valence-corrected chi connectivity index (χ0v) is 19.9. The Labute approximate surface area is 205 Å². The highest BCUT2D eigenvalue weighted by Crippen LogP contribution is 2.29. The number of hydrogen-bond acceptors (Lipinski definition) is 5. The molecule has 1 aliphatic heterocycles. The van der Waals surface area contributed by atoms with E-state index in [1.54, 1.807) is 19.5 Å². The number of benzene rings is 2. The first-order chi connectivity index (χ1) is 17.2. The number of carbonyl (C=O) groups is 1.